The Morgan fingerprint density at radius 1 is 1.24 bits per heavy atom. The highest BCUT2D eigenvalue weighted by atomic mass is 35.5. The van der Waals surface area contributed by atoms with Crippen molar-refractivity contribution < 1.29 is 9.59 Å². The summed E-state index contributed by atoms with van der Waals surface area (Å²) in [5.41, 5.74) is 1.60. The molecule has 0 aromatic heterocycles. The zero-order valence-corrected chi connectivity index (χ0v) is 13.7. The molecule has 0 saturated heterocycles. The third-order valence-corrected chi connectivity index (χ3v) is 3.29. The molecule has 21 heavy (non-hydrogen) atoms. The molecule has 0 spiro atoms. The van der Waals surface area contributed by atoms with Crippen LogP contribution in [-0.2, 0) is 9.59 Å². The number of aryl methyl sites for hydroxylation is 1. The minimum atomic E-state index is -0.214. The van der Waals surface area contributed by atoms with Gasteiger partial charge in [0.15, 0.2) is 0 Å². The van der Waals surface area contributed by atoms with E-state index < -0.39 is 0 Å². The Labute approximate surface area is 130 Å². The Morgan fingerprint density at radius 3 is 2.43 bits per heavy atom. The summed E-state index contributed by atoms with van der Waals surface area (Å²) in [6.07, 6.45) is 0. The van der Waals surface area contributed by atoms with Crippen molar-refractivity contribution in [3.05, 3.63) is 28.8 Å². The van der Waals surface area contributed by atoms with Crippen molar-refractivity contribution in [1.82, 2.24) is 9.80 Å². The fraction of sp³-hybridized carbons (Fsp3) is 0.467. The van der Waals surface area contributed by atoms with Crippen LogP contribution in [0.25, 0.3) is 0 Å². The summed E-state index contributed by atoms with van der Waals surface area (Å²) in [5, 5.41) is 3.43. The molecular weight excluding hydrogens is 290 g/mol. The normalized spacial score (nSPS) is 10.6. The predicted octanol–water partition coefficient (Wildman–Crippen LogP) is 2.00. The van der Waals surface area contributed by atoms with Gasteiger partial charge in [-0.3, -0.25) is 9.59 Å². The van der Waals surface area contributed by atoms with Crippen LogP contribution in [0.2, 0.25) is 5.02 Å². The second kappa shape index (κ2) is 8.00. The van der Waals surface area contributed by atoms with E-state index in [9.17, 15) is 9.59 Å². The van der Waals surface area contributed by atoms with Crippen LogP contribution in [0.15, 0.2) is 18.2 Å². The number of carbonyl (C=O) groups excluding carboxylic acids is 2. The Bertz CT molecular complexity index is 518. The van der Waals surface area contributed by atoms with Gasteiger partial charge in [-0.2, -0.15) is 0 Å². The third-order valence-electron chi connectivity index (χ3n) is 3.06. The third kappa shape index (κ3) is 6.14. The van der Waals surface area contributed by atoms with E-state index in [0.29, 0.717) is 23.8 Å². The second-order valence-electron chi connectivity index (χ2n) is 5.25. The summed E-state index contributed by atoms with van der Waals surface area (Å²) >= 11 is 5.88. The number of likely N-dealkylation sites (N-methyl/N-ethyl adjacent to an activating group) is 1. The first kappa shape index (κ1) is 17.5. The van der Waals surface area contributed by atoms with Crippen LogP contribution in [0, 0.1) is 6.92 Å². The molecule has 1 aromatic rings. The van der Waals surface area contributed by atoms with E-state index in [1.807, 2.05) is 25.9 Å². The van der Waals surface area contributed by atoms with Gasteiger partial charge >= 0.3 is 0 Å². The smallest absolute Gasteiger partial charge is 0.244 e. The first-order valence-corrected chi connectivity index (χ1v) is 7.13. The van der Waals surface area contributed by atoms with E-state index in [4.69, 9.17) is 11.6 Å². The maximum Gasteiger partial charge on any atom is 0.244 e. The number of anilines is 1. The largest absolute Gasteiger partial charge is 0.332 e. The Balaban J connectivity index is 2.63. The molecule has 0 aliphatic rings. The summed E-state index contributed by atoms with van der Waals surface area (Å²) < 4.78 is 0. The SMILES string of the molecule is CC(=O)N(CCN(C)C)CC(=O)Nc1ccc(Cl)cc1C. The van der Waals surface area contributed by atoms with Crippen LogP contribution in [0.4, 0.5) is 5.69 Å². The molecule has 6 heteroatoms. The van der Waals surface area contributed by atoms with Gasteiger partial charge in [-0.25, -0.2) is 0 Å². The minimum Gasteiger partial charge on any atom is -0.332 e. The number of nitrogens with one attached hydrogen (secondary N) is 1. The van der Waals surface area contributed by atoms with Crippen LogP contribution in [0.3, 0.4) is 0 Å². The molecular formula is C15H22ClN3O2. The molecule has 0 bridgehead atoms. The second-order valence-corrected chi connectivity index (χ2v) is 5.69. The van der Waals surface area contributed by atoms with Gasteiger partial charge in [-0.1, -0.05) is 11.6 Å². The van der Waals surface area contributed by atoms with Crippen LogP contribution in [0.5, 0.6) is 0 Å². The van der Waals surface area contributed by atoms with Crippen LogP contribution >= 0.6 is 11.6 Å². The first-order valence-electron chi connectivity index (χ1n) is 6.76. The fourth-order valence-electron chi connectivity index (χ4n) is 1.80. The Hall–Kier alpha value is -1.59. The van der Waals surface area contributed by atoms with Gasteiger partial charge in [0.2, 0.25) is 11.8 Å². The number of benzene rings is 1. The summed E-state index contributed by atoms with van der Waals surface area (Å²) in [6.45, 7) is 4.63. The van der Waals surface area contributed by atoms with Gasteiger partial charge in [-0.05, 0) is 44.8 Å². The summed E-state index contributed by atoms with van der Waals surface area (Å²) in [5.74, 6) is -0.325. The molecule has 0 aliphatic heterocycles. The maximum absolute atomic E-state index is 12.1. The van der Waals surface area contributed by atoms with Gasteiger partial charge in [0.25, 0.3) is 0 Å². The van der Waals surface area contributed by atoms with Gasteiger partial charge < -0.3 is 15.1 Å². The Morgan fingerprint density at radius 2 is 1.90 bits per heavy atom. The molecule has 0 aliphatic carbocycles. The van der Waals surface area contributed by atoms with E-state index in [1.165, 1.54) is 11.8 Å². The summed E-state index contributed by atoms with van der Waals surface area (Å²) in [6, 6.07) is 5.26. The number of nitrogens with zero attached hydrogens (tertiary/aromatic N) is 2. The van der Waals surface area contributed by atoms with E-state index in [1.54, 1.807) is 18.2 Å². The summed E-state index contributed by atoms with van der Waals surface area (Å²) in [7, 11) is 3.85. The predicted molar refractivity (Wildman–Crippen MR) is 85.6 cm³/mol. The average Bonchev–Trinajstić information content (AvgIpc) is 2.37. The van der Waals surface area contributed by atoms with Crippen LogP contribution in [0.1, 0.15) is 12.5 Å². The lowest BCUT2D eigenvalue weighted by atomic mass is 10.2. The number of halogens is 1. The molecule has 1 rings (SSSR count). The van der Waals surface area contributed by atoms with E-state index in [2.05, 4.69) is 5.32 Å². The number of hydrogen-bond acceptors (Lipinski definition) is 3. The van der Waals surface area contributed by atoms with Gasteiger partial charge in [-0.15, -0.1) is 0 Å². The van der Waals surface area contributed by atoms with Crippen molar-refractivity contribution in [3.8, 4) is 0 Å². The quantitative estimate of drug-likeness (QED) is 0.874. The van der Waals surface area contributed by atoms with Crippen molar-refractivity contribution in [3.63, 3.8) is 0 Å². The van der Waals surface area contributed by atoms with E-state index in [-0.39, 0.29) is 18.4 Å². The molecule has 2 amide bonds. The highest BCUT2D eigenvalue weighted by Gasteiger charge is 2.14. The molecule has 0 heterocycles. The molecule has 5 nitrogen and oxygen atoms in total. The van der Waals surface area contributed by atoms with Crippen molar-refractivity contribution in [1.29, 1.82) is 0 Å². The standard InChI is InChI=1S/C15H22ClN3O2/c1-11-9-13(16)5-6-14(11)17-15(21)10-19(12(2)20)8-7-18(3)4/h5-6,9H,7-8,10H2,1-4H3,(H,17,21). The van der Waals surface area contributed by atoms with E-state index in [0.717, 1.165) is 5.56 Å². The van der Waals surface area contributed by atoms with Gasteiger partial charge in [0.1, 0.15) is 0 Å². The number of amides is 2. The van der Waals surface area contributed by atoms with Gasteiger partial charge in [0, 0.05) is 30.7 Å². The highest BCUT2D eigenvalue weighted by Crippen LogP contribution is 2.19. The first-order chi connectivity index (χ1) is 9.79. The lowest BCUT2D eigenvalue weighted by Gasteiger charge is -2.22. The molecule has 116 valence electrons. The van der Waals surface area contributed by atoms with E-state index >= 15 is 0 Å². The molecule has 1 N–H and O–H groups in total. The monoisotopic (exact) mass is 311 g/mol. The van der Waals surface area contributed by atoms with Crippen molar-refractivity contribution in [2.45, 2.75) is 13.8 Å². The average molecular weight is 312 g/mol. The molecule has 1 aromatic carbocycles. The van der Waals surface area contributed by atoms with Crippen molar-refractivity contribution in [2.75, 3.05) is 39.0 Å². The zero-order chi connectivity index (χ0) is 16.0. The lowest BCUT2D eigenvalue weighted by Crippen LogP contribution is -2.40. The highest BCUT2D eigenvalue weighted by molar-refractivity contribution is 6.30. The van der Waals surface area contributed by atoms with Crippen LogP contribution in [-0.4, -0.2) is 55.3 Å². The van der Waals surface area contributed by atoms with Crippen molar-refractivity contribution >= 4 is 29.1 Å². The Kier molecular flexibility index (Phi) is 6.65. The minimum absolute atomic E-state index is 0.0469. The maximum atomic E-state index is 12.1. The van der Waals surface area contributed by atoms with Gasteiger partial charge in [0.05, 0.1) is 6.54 Å². The topological polar surface area (TPSA) is 52.7 Å². The lowest BCUT2D eigenvalue weighted by molar-refractivity contribution is -0.132. The molecule has 0 atom stereocenters. The zero-order valence-electron chi connectivity index (χ0n) is 12.9. The molecule has 0 fully saturated rings. The number of rotatable bonds is 6. The van der Waals surface area contributed by atoms with Crippen LogP contribution < -0.4 is 5.32 Å². The number of carbonyl (C=O) groups is 2. The summed E-state index contributed by atoms with van der Waals surface area (Å²) in [4.78, 5) is 27.1. The fourth-order valence-corrected chi connectivity index (χ4v) is 2.03. The number of hydrogen-bond donors (Lipinski definition) is 1. The van der Waals surface area contributed by atoms with Crippen molar-refractivity contribution in [2.24, 2.45) is 0 Å². The molecule has 0 radical (unpaired) electrons. The molecule has 0 saturated carbocycles. The molecule has 0 unspecified atom stereocenters.